The molecule has 25 heavy (non-hydrogen) atoms. The quantitative estimate of drug-likeness (QED) is 0.763. The first-order valence-electron chi connectivity index (χ1n) is 9.83. The van der Waals surface area contributed by atoms with Crippen LogP contribution in [0.5, 0.6) is 0 Å². The molecule has 0 saturated heterocycles. The molecule has 2 aliphatic carbocycles. The zero-order valence-corrected chi connectivity index (χ0v) is 16.3. The van der Waals surface area contributed by atoms with E-state index < -0.39 is 0 Å². The summed E-state index contributed by atoms with van der Waals surface area (Å²) in [7, 11) is 0. The lowest BCUT2D eigenvalue weighted by atomic mass is 9.84. The smallest absolute Gasteiger partial charge is 0.310 e. The first-order valence-corrected chi connectivity index (χ1v) is 9.83. The van der Waals surface area contributed by atoms with Crippen LogP contribution in [0.3, 0.4) is 0 Å². The summed E-state index contributed by atoms with van der Waals surface area (Å²) >= 11 is 0. The maximum absolute atomic E-state index is 12.9. The van der Waals surface area contributed by atoms with Crippen LogP contribution >= 0.6 is 0 Å². The molecule has 2 aliphatic rings. The number of ether oxygens (including phenoxy) is 1. The maximum atomic E-state index is 12.9. The van der Waals surface area contributed by atoms with Gasteiger partial charge in [-0.25, -0.2) is 4.39 Å². The van der Waals surface area contributed by atoms with Gasteiger partial charge in [-0.05, 0) is 55.7 Å². The molecule has 0 amide bonds. The van der Waals surface area contributed by atoms with E-state index in [0.29, 0.717) is 25.0 Å². The van der Waals surface area contributed by atoms with Gasteiger partial charge in [-0.3, -0.25) is 4.79 Å². The van der Waals surface area contributed by atoms with Gasteiger partial charge in [-0.1, -0.05) is 39.8 Å². The molecule has 4 heteroatoms. The molecule has 1 N–H and O–H groups in total. The van der Waals surface area contributed by atoms with E-state index in [-0.39, 0.29) is 23.7 Å². The Morgan fingerprint density at radius 2 is 1.72 bits per heavy atom. The van der Waals surface area contributed by atoms with Crippen LogP contribution in [-0.2, 0) is 16.1 Å². The van der Waals surface area contributed by atoms with Crippen LogP contribution in [0, 0.1) is 23.6 Å². The van der Waals surface area contributed by atoms with Crippen molar-refractivity contribution in [3.05, 3.63) is 35.6 Å². The van der Waals surface area contributed by atoms with E-state index in [1.807, 2.05) is 34.6 Å². The van der Waals surface area contributed by atoms with Gasteiger partial charge in [0.05, 0.1) is 12.5 Å². The molecule has 3 rings (SSSR count). The van der Waals surface area contributed by atoms with Gasteiger partial charge in [-0.15, -0.1) is 0 Å². The van der Waals surface area contributed by atoms with Gasteiger partial charge in [0.25, 0.3) is 0 Å². The molecule has 0 spiro atoms. The summed E-state index contributed by atoms with van der Waals surface area (Å²) in [5.41, 5.74) is 1.04. The Bertz CT molecular complexity index is 503. The number of fused-ring (bicyclic) bond motifs is 2. The van der Waals surface area contributed by atoms with E-state index in [2.05, 4.69) is 5.32 Å². The minimum absolute atomic E-state index is 0.0100. The van der Waals surface area contributed by atoms with Gasteiger partial charge in [0.1, 0.15) is 5.82 Å². The van der Waals surface area contributed by atoms with E-state index in [0.717, 1.165) is 18.4 Å². The molecular weight excluding hydrogens is 317 g/mol. The third kappa shape index (κ3) is 5.53. The Balaban J connectivity index is 0.000000730. The van der Waals surface area contributed by atoms with E-state index >= 15 is 0 Å². The summed E-state index contributed by atoms with van der Waals surface area (Å²) in [4.78, 5) is 12.2. The number of nitrogens with one attached hydrogen (secondary N) is 1. The van der Waals surface area contributed by atoms with Crippen molar-refractivity contribution >= 4 is 5.97 Å². The average Bonchev–Trinajstić information content (AvgIpc) is 3.26. The average molecular weight is 352 g/mol. The van der Waals surface area contributed by atoms with Crippen molar-refractivity contribution in [1.29, 1.82) is 0 Å². The Kier molecular flexibility index (Phi) is 9.73. The van der Waals surface area contributed by atoms with Crippen LogP contribution in [0.4, 0.5) is 4.39 Å². The number of hydrogen-bond acceptors (Lipinski definition) is 3. The predicted octanol–water partition coefficient (Wildman–Crippen LogP) is 4.95. The lowest BCUT2D eigenvalue weighted by Crippen LogP contribution is -2.44. The number of esters is 1. The predicted molar refractivity (Wildman–Crippen MR) is 101 cm³/mol. The van der Waals surface area contributed by atoms with Crippen molar-refractivity contribution in [1.82, 2.24) is 5.32 Å². The summed E-state index contributed by atoms with van der Waals surface area (Å²) in [6.45, 7) is 11.0. The molecule has 0 heterocycles. The summed E-state index contributed by atoms with van der Waals surface area (Å²) in [6.07, 6.45) is 3.47. The maximum Gasteiger partial charge on any atom is 0.310 e. The monoisotopic (exact) mass is 351 g/mol. The minimum Gasteiger partial charge on any atom is -0.466 e. The topological polar surface area (TPSA) is 38.3 Å². The fraction of sp³-hybridized carbons (Fsp3) is 0.667. The number of carbonyl (C=O) groups is 1. The second-order valence-electron chi connectivity index (χ2n) is 6.14. The largest absolute Gasteiger partial charge is 0.466 e. The zero-order chi connectivity index (χ0) is 18.8. The lowest BCUT2D eigenvalue weighted by molar-refractivity contribution is -0.150. The summed E-state index contributed by atoms with van der Waals surface area (Å²) in [5, 5.41) is 3.51. The van der Waals surface area contributed by atoms with Gasteiger partial charge in [0, 0.05) is 12.6 Å². The Labute approximate surface area is 152 Å². The van der Waals surface area contributed by atoms with Crippen LogP contribution in [0.15, 0.2) is 24.3 Å². The highest BCUT2D eigenvalue weighted by atomic mass is 19.1. The lowest BCUT2D eigenvalue weighted by Gasteiger charge is -2.30. The van der Waals surface area contributed by atoms with Crippen molar-refractivity contribution in [2.75, 3.05) is 6.61 Å². The molecule has 2 fully saturated rings. The molecule has 2 saturated carbocycles. The number of benzene rings is 1. The normalized spacial score (nSPS) is 26.2. The van der Waals surface area contributed by atoms with Gasteiger partial charge in [0.15, 0.2) is 0 Å². The SMILES string of the molecule is CC.CC.CCOC(=O)[C@@H]1[C@H]2CC[C@H](C2)[C@@H]1NCc1ccc(F)cc1. The Hall–Kier alpha value is -1.42. The molecule has 3 nitrogen and oxygen atoms in total. The number of rotatable bonds is 5. The molecular formula is C21H34FNO2. The van der Waals surface area contributed by atoms with Crippen LogP contribution in [0.25, 0.3) is 0 Å². The van der Waals surface area contributed by atoms with E-state index in [1.54, 1.807) is 12.1 Å². The summed E-state index contributed by atoms with van der Waals surface area (Å²) in [5.74, 6) is 0.762. The van der Waals surface area contributed by atoms with Gasteiger partial charge < -0.3 is 10.1 Å². The van der Waals surface area contributed by atoms with Gasteiger partial charge in [-0.2, -0.15) is 0 Å². The van der Waals surface area contributed by atoms with Crippen molar-refractivity contribution in [2.24, 2.45) is 17.8 Å². The van der Waals surface area contributed by atoms with Gasteiger partial charge in [0.2, 0.25) is 0 Å². The van der Waals surface area contributed by atoms with E-state index in [9.17, 15) is 9.18 Å². The number of carbonyl (C=O) groups excluding carboxylic acids is 1. The third-order valence-corrected chi connectivity index (χ3v) is 4.93. The fourth-order valence-corrected chi connectivity index (χ4v) is 4.00. The van der Waals surface area contributed by atoms with Crippen molar-refractivity contribution < 1.29 is 13.9 Å². The molecule has 0 unspecified atom stereocenters. The van der Waals surface area contributed by atoms with Crippen molar-refractivity contribution in [3.63, 3.8) is 0 Å². The fourth-order valence-electron chi connectivity index (χ4n) is 4.00. The number of halogens is 1. The van der Waals surface area contributed by atoms with Crippen molar-refractivity contribution in [3.8, 4) is 0 Å². The highest BCUT2D eigenvalue weighted by Crippen LogP contribution is 2.49. The van der Waals surface area contributed by atoms with Crippen LogP contribution in [0.2, 0.25) is 0 Å². The van der Waals surface area contributed by atoms with E-state index in [1.165, 1.54) is 18.6 Å². The summed E-state index contributed by atoms with van der Waals surface area (Å²) in [6, 6.07) is 6.72. The number of hydrogen-bond donors (Lipinski definition) is 1. The third-order valence-electron chi connectivity index (χ3n) is 4.93. The molecule has 0 aliphatic heterocycles. The summed E-state index contributed by atoms with van der Waals surface area (Å²) < 4.78 is 18.2. The Morgan fingerprint density at radius 1 is 1.12 bits per heavy atom. The van der Waals surface area contributed by atoms with Crippen LogP contribution in [-0.4, -0.2) is 18.6 Å². The molecule has 1 aromatic rings. The first kappa shape index (κ1) is 21.6. The molecule has 0 radical (unpaired) electrons. The highest BCUT2D eigenvalue weighted by molar-refractivity contribution is 5.74. The Morgan fingerprint density at radius 3 is 2.32 bits per heavy atom. The standard InChI is InChI=1S/C17H22FNO2.2C2H6/c1-2-21-17(20)15-12-5-6-13(9-12)16(15)19-10-11-3-7-14(18)8-4-11;2*1-2/h3-4,7-8,12-13,15-16,19H,2,5-6,9-10H2,1H3;2*1-2H3/t12-,13+,15+,16-;;/m0../s1. The molecule has 2 bridgehead atoms. The molecule has 142 valence electrons. The molecule has 0 aromatic heterocycles. The molecule has 1 aromatic carbocycles. The second-order valence-corrected chi connectivity index (χ2v) is 6.14. The second kappa shape index (κ2) is 11.2. The van der Waals surface area contributed by atoms with Gasteiger partial charge >= 0.3 is 5.97 Å². The zero-order valence-electron chi connectivity index (χ0n) is 16.3. The van der Waals surface area contributed by atoms with Crippen molar-refractivity contribution in [2.45, 2.75) is 66.5 Å². The van der Waals surface area contributed by atoms with Crippen LogP contribution in [0.1, 0.15) is 59.4 Å². The minimum atomic E-state index is -0.219. The highest BCUT2D eigenvalue weighted by Gasteiger charge is 2.51. The molecule has 4 atom stereocenters. The van der Waals surface area contributed by atoms with Crippen LogP contribution < -0.4 is 5.32 Å². The first-order chi connectivity index (χ1) is 12.2. The van der Waals surface area contributed by atoms with E-state index in [4.69, 9.17) is 4.74 Å².